The van der Waals surface area contributed by atoms with Gasteiger partial charge in [0, 0.05) is 138 Å². The lowest BCUT2D eigenvalue weighted by atomic mass is 9.92. The zero-order valence-electron chi connectivity index (χ0n) is 42.2. The summed E-state index contributed by atoms with van der Waals surface area (Å²) in [6.07, 6.45) is 10.9. The molecule has 3 amide bonds. The Morgan fingerprint density at radius 2 is 1.72 bits per heavy atom. The van der Waals surface area contributed by atoms with E-state index < -0.39 is 11.9 Å². The quantitative estimate of drug-likeness (QED) is 0.119. The highest BCUT2D eigenvalue weighted by atomic mass is 19.1. The minimum atomic E-state index is -0.686. The number of likely N-dealkylation sites (tertiary alicyclic amines) is 1. The summed E-state index contributed by atoms with van der Waals surface area (Å²) in [6.45, 7) is 13.8. The maximum absolute atomic E-state index is 16.2. The number of piperazine rings is 1. The molecule has 11 rings (SSSR count). The number of hydrogen-bond acceptors (Lipinski definition) is 10. The van der Waals surface area contributed by atoms with Crippen LogP contribution in [0.15, 0.2) is 77.9 Å². The molecular weight excluding hydrogens is 910 g/mol. The second-order valence-electron chi connectivity index (χ2n) is 21.1. The van der Waals surface area contributed by atoms with Gasteiger partial charge in [0.05, 0.1) is 11.0 Å². The molecule has 0 unspecified atom stereocenters. The number of hydrogen-bond donors (Lipinski definition) is 2. The number of pyridine rings is 2. The predicted molar refractivity (Wildman–Crippen MR) is 278 cm³/mol. The minimum absolute atomic E-state index is 0.0969. The van der Waals surface area contributed by atoms with Crippen molar-refractivity contribution >= 4 is 51.2 Å². The summed E-state index contributed by atoms with van der Waals surface area (Å²) in [5.41, 5.74) is 9.62. The molecule has 0 radical (unpaired) electrons. The maximum atomic E-state index is 16.2. The Kier molecular flexibility index (Phi) is 13.0. The number of halogens is 1. The van der Waals surface area contributed by atoms with E-state index in [1.807, 2.05) is 60.1 Å². The van der Waals surface area contributed by atoms with E-state index in [1.165, 1.54) is 6.07 Å². The van der Waals surface area contributed by atoms with E-state index in [4.69, 9.17) is 4.98 Å². The van der Waals surface area contributed by atoms with Gasteiger partial charge in [0.1, 0.15) is 23.3 Å². The number of carbonyl (C=O) groups excluding carboxylic acids is 3. The molecule has 4 aliphatic heterocycles. The number of imidazole rings is 1. The van der Waals surface area contributed by atoms with Crippen molar-refractivity contribution in [1.82, 2.24) is 48.6 Å². The SMILES string of the molecule is CNc1ccc(-c2ccnc3c2cc([C@H](C)N2CC=C(c4c(C)cc(C(=O)N5CCC(CN6CCN(Cc7ccc8c(c7)n(C7CC7)c(=O)n8[C@H]7CCC(=O)NC7=O)C[C@@H]6C)CC5)cc4F)CC2)n3C)cn1. The van der Waals surface area contributed by atoms with E-state index in [9.17, 15) is 19.2 Å². The number of carbonyl (C=O) groups is 3. The number of rotatable bonds is 12. The lowest BCUT2D eigenvalue weighted by molar-refractivity contribution is -0.135. The number of benzene rings is 2. The molecule has 5 aliphatic rings. The molecule has 3 saturated heterocycles. The van der Waals surface area contributed by atoms with E-state index in [-0.39, 0.29) is 41.8 Å². The summed E-state index contributed by atoms with van der Waals surface area (Å²) in [4.78, 5) is 71.0. The number of amides is 3. The summed E-state index contributed by atoms with van der Waals surface area (Å²) in [5.74, 6) is 0.175. The number of nitrogens with zero attached hydrogens (tertiary/aromatic N) is 9. The number of piperidine rings is 2. The summed E-state index contributed by atoms with van der Waals surface area (Å²) in [5, 5.41) is 6.59. The number of nitrogens with one attached hydrogen (secondary N) is 2. The zero-order valence-corrected chi connectivity index (χ0v) is 42.2. The number of aromatic nitrogens is 5. The van der Waals surface area contributed by atoms with Gasteiger partial charge >= 0.3 is 5.69 Å². The van der Waals surface area contributed by atoms with Crippen LogP contribution in [0.3, 0.4) is 0 Å². The smallest absolute Gasteiger partial charge is 0.330 e. The largest absolute Gasteiger partial charge is 0.373 e. The number of anilines is 1. The van der Waals surface area contributed by atoms with Crippen LogP contribution >= 0.6 is 0 Å². The fourth-order valence-electron chi connectivity index (χ4n) is 12.2. The van der Waals surface area contributed by atoms with Gasteiger partial charge in [0.25, 0.3) is 5.91 Å². The first-order valence-corrected chi connectivity index (χ1v) is 26.0. The van der Waals surface area contributed by atoms with Gasteiger partial charge in [-0.1, -0.05) is 12.1 Å². The van der Waals surface area contributed by atoms with Crippen molar-refractivity contribution in [3.63, 3.8) is 0 Å². The Bertz CT molecular complexity index is 3160. The highest BCUT2D eigenvalue weighted by molar-refractivity contribution is 6.00. The Labute approximate surface area is 419 Å². The van der Waals surface area contributed by atoms with Crippen molar-refractivity contribution in [1.29, 1.82) is 0 Å². The van der Waals surface area contributed by atoms with Crippen LogP contribution in [0, 0.1) is 18.7 Å². The Morgan fingerprint density at radius 1 is 0.903 bits per heavy atom. The second-order valence-corrected chi connectivity index (χ2v) is 21.1. The Balaban J connectivity index is 0.676. The number of fused-ring (bicyclic) bond motifs is 2. The monoisotopic (exact) mass is 976 g/mol. The maximum Gasteiger partial charge on any atom is 0.330 e. The van der Waals surface area contributed by atoms with Crippen LogP contribution in [0.25, 0.3) is 38.8 Å². The molecule has 16 heteroatoms. The van der Waals surface area contributed by atoms with E-state index in [1.54, 1.807) is 4.57 Å². The highest BCUT2D eigenvalue weighted by Gasteiger charge is 2.36. The van der Waals surface area contributed by atoms with Gasteiger partial charge in [-0.3, -0.25) is 43.5 Å². The third-order valence-electron chi connectivity index (χ3n) is 16.4. The average molecular weight is 976 g/mol. The fourth-order valence-corrected chi connectivity index (χ4v) is 12.2. The van der Waals surface area contributed by atoms with Gasteiger partial charge in [-0.05, 0) is 136 Å². The highest BCUT2D eigenvalue weighted by Crippen LogP contribution is 2.39. The molecule has 0 bridgehead atoms. The third-order valence-corrected chi connectivity index (χ3v) is 16.4. The lowest BCUT2D eigenvalue weighted by Gasteiger charge is -2.42. The van der Waals surface area contributed by atoms with Crippen LogP contribution in [-0.2, 0) is 23.2 Å². The molecule has 15 nitrogen and oxygen atoms in total. The van der Waals surface area contributed by atoms with Crippen LogP contribution < -0.4 is 16.3 Å². The average Bonchev–Trinajstić information content (AvgIpc) is 4.10. The molecule has 2 aromatic carbocycles. The number of imide groups is 1. The van der Waals surface area contributed by atoms with Crippen molar-refractivity contribution in [3.05, 3.63) is 117 Å². The Morgan fingerprint density at radius 3 is 2.42 bits per heavy atom. The fraction of sp³-hybridized carbons (Fsp3) is 0.464. The molecule has 3 atom stereocenters. The van der Waals surface area contributed by atoms with Crippen molar-refractivity contribution in [2.24, 2.45) is 13.0 Å². The molecule has 8 heterocycles. The molecule has 72 heavy (non-hydrogen) atoms. The molecule has 2 N–H and O–H groups in total. The van der Waals surface area contributed by atoms with Gasteiger partial charge in [-0.2, -0.15) is 0 Å². The zero-order chi connectivity index (χ0) is 49.9. The van der Waals surface area contributed by atoms with Crippen molar-refractivity contribution in [2.45, 2.75) is 96.4 Å². The van der Waals surface area contributed by atoms with Gasteiger partial charge in [0.15, 0.2) is 0 Å². The first-order valence-electron chi connectivity index (χ1n) is 26.0. The second kappa shape index (κ2) is 19.5. The molecule has 4 aromatic heterocycles. The van der Waals surface area contributed by atoms with Gasteiger partial charge in [-0.25, -0.2) is 19.2 Å². The van der Waals surface area contributed by atoms with Crippen LogP contribution in [0.5, 0.6) is 0 Å². The Hall–Kier alpha value is -6.49. The normalized spacial score (nSPS) is 21.4. The van der Waals surface area contributed by atoms with Crippen LogP contribution in [0.1, 0.15) is 110 Å². The van der Waals surface area contributed by atoms with Gasteiger partial charge < -0.3 is 14.8 Å². The van der Waals surface area contributed by atoms with E-state index >= 15 is 4.39 Å². The van der Waals surface area contributed by atoms with Crippen LogP contribution in [0.4, 0.5) is 10.2 Å². The summed E-state index contributed by atoms with van der Waals surface area (Å²) in [6, 6.07) is 17.8. The first kappa shape index (κ1) is 47.8. The van der Waals surface area contributed by atoms with Crippen molar-refractivity contribution < 1.29 is 18.8 Å². The van der Waals surface area contributed by atoms with Gasteiger partial charge in [-0.15, -0.1) is 0 Å². The minimum Gasteiger partial charge on any atom is -0.373 e. The van der Waals surface area contributed by atoms with Crippen molar-refractivity contribution in [2.75, 3.05) is 64.7 Å². The van der Waals surface area contributed by atoms with Crippen LogP contribution in [-0.4, -0.2) is 126 Å². The van der Waals surface area contributed by atoms with E-state index in [0.29, 0.717) is 55.6 Å². The standard InChI is InChI=1S/C56H66FN11O4/c1-34-26-41(28-45(57)52(34)39-17-22-64(23-18-39)36(3)48-29-44-43(14-19-59-53(44)62(48)5)40-7-12-50(58-4)60-30-40)55(71)65-20-15-37(16-21-65)33-66-25-24-63(31-35(66)2)32-38-6-10-46-49(27-38)67(42-8-9-42)56(72)68(46)47-11-13-51(69)61-54(47)70/h6-7,10,12,14,17,19,26-30,35-37,42,47H,8-9,11,13,15-16,18,20-25,31-33H2,1-5H3,(H,58,60)(H,61,69,70)/t35-,36-,47-/m0/s1. The molecule has 6 aromatic rings. The molecule has 4 fully saturated rings. The molecule has 376 valence electrons. The molecule has 0 spiro atoms. The third kappa shape index (κ3) is 9.06. The molecule has 1 aliphatic carbocycles. The molecular formula is C56H66FN11O4. The first-order chi connectivity index (χ1) is 34.8. The summed E-state index contributed by atoms with van der Waals surface area (Å²) in [7, 11) is 3.93. The van der Waals surface area contributed by atoms with Crippen molar-refractivity contribution in [3.8, 4) is 11.1 Å². The summed E-state index contributed by atoms with van der Waals surface area (Å²) < 4.78 is 21.8. The van der Waals surface area contributed by atoms with E-state index in [0.717, 1.165) is 126 Å². The predicted octanol–water partition coefficient (Wildman–Crippen LogP) is 7.46. The lowest BCUT2D eigenvalue weighted by Crippen LogP contribution is -2.53. The summed E-state index contributed by atoms with van der Waals surface area (Å²) >= 11 is 0. The topological polar surface area (TPSA) is 146 Å². The number of aryl methyl sites for hydroxylation is 2. The molecule has 1 saturated carbocycles. The van der Waals surface area contributed by atoms with E-state index in [2.05, 4.69) is 86.1 Å². The van der Waals surface area contributed by atoms with Gasteiger partial charge in [0.2, 0.25) is 11.8 Å². The van der Waals surface area contributed by atoms with Crippen LogP contribution in [0.2, 0.25) is 0 Å².